The summed E-state index contributed by atoms with van der Waals surface area (Å²) in [4.78, 5) is 66.3. The zero-order chi connectivity index (χ0) is 22.8. The molecule has 1 atom stereocenters. The number of carbonyl (C=O) groups is 5. The van der Waals surface area contributed by atoms with Gasteiger partial charge in [0.15, 0.2) is 0 Å². The van der Waals surface area contributed by atoms with Gasteiger partial charge in [0.2, 0.25) is 11.8 Å². The second-order valence-corrected chi connectivity index (χ2v) is 8.45. The van der Waals surface area contributed by atoms with Crippen LogP contribution in [0.15, 0.2) is 18.2 Å². The summed E-state index contributed by atoms with van der Waals surface area (Å²) in [7, 11) is 2.04. The zero-order valence-corrected chi connectivity index (χ0v) is 18.1. The highest BCUT2D eigenvalue weighted by Crippen LogP contribution is 2.28. The van der Waals surface area contributed by atoms with Gasteiger partial charge in [0.1, 0.15) is 6.04 Å². The van der Waals surface area contributed by atoms with E-state index in [1.165, 1.54) is 0 Å². The molecule has 32 heavy (non-hydrogen) atoms. The fourth-order valence-electron chi connectivity index (χ4n) is 4.28. The van der Waals surface area contributed by atoms with E-state index in [-0.39, 0.29) is 30.0 Å². The van der Waals surface area contributed by atoms with Crippen LogP contribution in [0.3, 0.4) is 0 Å². The second-order valence-electron chi connectivity index (χ2n) is 8.45. The van der Waals surface area contributed by atoms with Gasteiger partial charge in [-0.2, -0.15) is 0 Å². The van der Waals surface area contributed by atoms with Gasteiger partial charge in [0, 0.05) is 39.1 Å². The highest BCUT2D eigenvalue weighted by atomic mass is 16.2. The van der Waals surface area contributed by atoms with Crippen molar-refractivity contribution in [2.24, 2.45) is 0 Å². The monoisotopic (exact) mass is 441 g/mol. The zero-order valence-electron chi connectivity index (χ0n) is 18.1. The number of likely N-dealkylation sites (N-methyl/N-ethyl adjacent to an activating group) is 1. The van der Waals surface area contributed by atoms with Crippen LogP contribution in [0.2, 0.25) is 0 Å². The van der Waals surface area contributed by atoms with Crippen LogP contribution < -0.4 is 10.6 Å². The summed E-state index contributed by atoms with van der Waals surface area (Å²) in [6, 6.07) is 4.06. The molecule has 2 saturated heterocycles. The van der Waals surface area contributed by atoms with Gasteiger partial charge in [0.05, 0.1) is 11.1 Å². The van der Waals surface area contributed by atoms with Crippen molar-refractivity contribution in [2.45, 2.75) is 31.7 Å². The van der Waals surface area contributed by atoms with Gasteiger partial charge >= 0.3 is 6.03 Å². The van der Waals surface area contributed by atoms with Crippen LogP contribution in [0, 0.1) is 0 Å². The van der Waals surface area contributed by atoms with E-state index in [2.05, 4.69) is 15.5 Å². The fraction of sp³-hybridized carbons (Fsp3) is 0.500. The highest BCUT2D eigenvalue weighted by molar-refractivity contribution is 6.23. The smallest absolute Gasteiger partial charge is 0.317 e. The maximum Gasteiger partial charge on any atom is 0.317 e. The van der Waals surface area contributed by atoms with Crippen LogP contribution in [0.1, 0.15) is 45.5 Å². The van der Waals surface area contributed by atoms with Gasteiger partial charge in [-0.15, -0.1) is 0 Å². The molecule has 170 valence electrons. The van der Waals surface area contributed by atoms with E-state index in [4.69, 9.17) is 0 Å². The van der Waals surface area contributed by atoms with Crippen LogP contribution in [0.25, 0.3) is 0 Å². The lowest BCUT2D eigenvalue weighted by molar-refractivity contribution is -0.136. The second kappa shape index (κ2) is 9.07. The summed E-state index contributed by atoms with van der Waals surface area (Å²) in [6.07, 6.45) is 1.55. The minimum atomic E-state index is -0.965. The molecule has 2 fully saturated rings. The average molecular weight is 441 g/mol. The van der Waals surface area contributed by atoms with Crippen LogP contribution in [-0.2, 0) is 16.0 Å². The minimum Gasteiger partial charge on any atom is -0.338 e. The van der Waals surface area contributed by atoms with E-state index in [0.29, 0.717) is 32.5 Å². The summed E-state index contributed by atoms with van der Waals surface area (Å²) in [5.41, 5.74) is 1.43. The number of fused-ring (bicyclic) bond motifs is 1. The number of piperidine rings is 1. The predicted octanol–water partition coefficient (Wildman–Crippen LogP) is -0.0226. The molecule has 6 amide bonds. The number of aryl methyl sites for hydroxylation is 1. The maximum absolute atomic E-state index is 12.9. The topological polar surface area (TPSA) is 119 Å². The van der Waals surface area contributed by atoms with Crippen molar-refractivity contribution >= 4 is 29.7 Å². The molecule has 3 aliphatic heterocycles. The fourth-order valence-corrected chi connectivity index (χ4v) is 4.28. The third-order valence-corrected chi connectivity index (χ3v) is 6.21. The first-order valence-electron chi connectivity index (χ1n) is 10.9. The lowest BCUT2D eigenvalue weighted by Crippen LogP contribution is -2.54. The van der Waals surface area contributed by atoms with Gasteiger partial charge in [-0.3, -0.25) is 29.4 Å². The molecule has 1 aromatic rings. The molecule has 1 unspecified atom stereocenters. The summed E-state index contributed by atoms with van der Waals surface area (Å²) < 4.78 is 0. The largest absolute Gasteiger partial charge is 0.338 e. The molecule has 1 aromatic carbocycles. The van der Waals surface area contributed by atoms with Crippen LogP contribution in [0.5, 0.6) is 0 Å². The summed E-state index contributed by atoms with van der Waals surface area (Å²) >= 11 is 0. The number of hydrogen-bond acceptors (Lipinski definition) is 6. The molecular formula is C22H27N5O5. The molecule has 0 radical (unpaired) electrons. The molecule has 3 heterocycles. The first kappa shape index (κ1) is 21.9. The Labute approximate surface area is 185 Å². The Morgan fingerprint density at radius 3 is 2.50 bits per heavy atom. The number of imide groups is 2. The first-order valence-corrected chi connectivity index (χ1v) is 10.9. The Bertz CT molecular complexity index is 969. The Hall–Kier alpha value is -3.27. The van der Waals surface area contributed by atoms with Gasteiger partial charge in [-0.1, -0.05) is 6.07 Å². The normalized spacial score (nSPS) is 21.6. The number of carbonyl (C=O) groups excluding carboxylic acids is 5. The Balaban J connectivity index is 1.32. The van der Waals surface area contributed by atoms with Crippen molar-refractivity contribution in [3.05, 3.63) is 34.9 Å². The third-order valence-electron chi connectivity index (χ3n) is 6.21. The molecule has 2 N–H and O–H groups in total. The predicted molar refractivity (Wildman–Crippen MR) is 114 cm³/mol. The Morgan fingerprint density at radius 2 is 1.78 bits per heavy atom. The van der Waals surface area contributed by atoms with E-state index < -0.39 is 29.7 Å². The third kappa shape index (κ3) is 4.36. The number of benzene rings is 1. The van der Waals surface area contributed by atoms with E-state index in [9.17, 15) is 24.0 Å². The Kier molecular flexibility index (Phi) is 6.22. The van der Waals surface area contributed by atoms with E-state index in [0.717, 1.165) is 23.6 Å². The number of rotatable bonds is 5. The number of hydrogen-bond donors (Lipinski definition) is 2. The first-order chi connectivity index (χ1) is 15.3. The van der Waals surface area contributed by atoms with E-state index in [1.54, 1.807) is 18.2 Å². The van der Waals surface area contributed by atoms with Crippen molar-refractivity contribution in [1.29, 1.82) is 0 Å². The quantitative estimate of drug-likeness (QED) is 0.490. The molecule has 0 spiro atoms. The number of piperazine rings is 1. The molecule has 0 aliphatic carbocycles. The Morgan fingerprint density at radius 1 is 1.06 bits per heavy atom. The van der Waals surface area contributed by atoms with E-state index in [1.807, 2.05) is 11.9 Å². The van der Waals surface area contributed by atoms with Crippen LogP contribution >= 0.6 is 0 Å². The van der Waals surface area contributed by atoms with Crippen molar-refractivity contribution in [3.63, 3.8) is 0 Å². The summed E-state index contributed by atoms with van der Waals surface area (Å²) in [6.45, 7) is 3.67. The molecule has 10 heteroatoms. The minimum absolute atomic E-state index is 0.0623. The van der Waals surface area contributed by atoms with Gasteiger partial charge in [-0.05, 0) is 44.0 Å². The van der Waals surface area contributed by atoms with Crippen LogP contribution in [0.4, 0.5) is 4.79 Å². The molecule has 4 rings (SSSR count). The van der Waals surface area contributed by atoms with Gasteiger partial charge in [-0.25, -0.2) is 4.79 Å². The summed E-state index contributed by atoms with van der Waals surface area (Å²) in [5, 5.41) is 5.12. The van der Waals surface area contributed by atoms with Crippen LogP contribution in [-0.4, -0.2) is 90.2 Å². The summed E-state index contributed by atoms with van der Waals surface area (Å²) in [5.74, 6) is -2.04. The number of nitrogens with one attached hydrogen (secondary N) is 2. The number of urea groups is 1. The average Bonchev–Trinajstić information content (AvgIpc) is 3.01. The molecule has 0 bridgehead atoms. The highest BCUT2D eigenvalue weighted by Gasteiger charge is 2.44. The van der Waals surface area contributed by atoms with Gasteiger partial charge < -0.3 is 15.1 Å². The lowest BCUT2D eigenvalue weighted by Gasteiger charge is -2.32. The standard InChI is InChI=1S/C22H27N5O5/c1-25-9-11-26(12-10-25)22(32)23-8-2-3-14-4-5-15-16(13-14)21(31)27(20(15)30)17-6-7-18(28)24-19(17)29/h4-5,13,17H,2-3,6-12H2,1H3,(H,23,32)(H,24,28,29). The number of nitrogens with zero attached hydrogens (tertiary/aromatic N) is 3. The van der Waals surface area contributed by atoms with Crippen molar-refractivity contribution in [3.8, 4) is 0 Å². The SMILES string of the molecule is CN1CCN(C(=O)NCCCc2ccc3c(c2)C(=O)N(C2CCC(=O)NC2=O)C3=O)CC1. The van der Waals surface area contributed by atoms with Gasteiger partial charge in [0.25, 0.3) is 11.8 Å². The molecule has 10 nitrogen and oxygen atoms in total. The molecule has 0 saturated carbocycles. The lowest BCUT2D eigenvalue weighted by atomic mass is 10.0. The van der Waals surface area contributed by atoms with Crippen molar-refractivity contribution < 1.29 is 24.0 Å². The molecule has 0 aromatic heterocycles. The number of amides is 6. The van der Waals surface area contributed by atoms with Crippen molar-refractivity contribution in [1.82, 2.24) is 25.3 Å². The molecule has 3 aliphatic rings. The molecular weight excluding hydrogens is 414 g/mol. The van der Waals surface area contributed by atoms with E-state index >= 15 is 0 Å². The maximum atomic E-state index is 12.9. The van der Waals surface area contributed by atoms with Crippen molar-refractivity contribution in [2.75, 3.05) is 39.8 Å².